The third-order valence-electron chi connectivity index (χ3n) is 3.94. The van der Waals surface area contributed by atoms with Crippen LogP contribution in [0, 0.1) is 0 Å². The van der Waals surface area contributed by atoms with Crippen LogP contribution in [0.15, 0.2) is 18.2 Å². The molecule has 1 N–H and O–H groups in total. The van der Waals surface area contributed by atoms with E-state index in [4.69, 9.17) is 21.1 Å². The number of halogens is 1. The first kappa shape index (κ1) is 14.2. The van der Waals surface area contributed by atoms with Gasteiger partial charge in [0.1, 0.15) is 5.75 Å². The van der Waals surface area contributed by atoms with E-state index in [0.717, 1.165) is 42.3 Å². The van der Waals surface area contributed by atoms with Crippen LogP contribution in [0.2, 0.25) is 5.02 Å². The summed E-state index contributed by atoms with van der Waals surface area (Å²) >= 11 is 6.29. The van der Waals surface area contributed by atoms with Crippen LogP contribution in [-0.2, 0) is 11.3 Å². The molecule has 110 valence electrons. The zero-order chi connectivity index (χ0) is 13.8. The summed E-state index contributed by atoms with van der Waals surface area (Å²) in [4.78, 5) is 0. The molecule has 1 aromatic rings. The summed E-state index contributed by atoms with van der Waals surface area (Å²) in [5.74, 6) is 0.906. The Morgan fingerprint density at radius 1 is 1.30 bits per heavy atom. The van der Waals surface area contributed by atoms with Crippen molar-refractivity contribution < 1.29 is 9.47 Å². The van der Waals surface area contributed by atoms with Crippen molar-refractivity contribution in [1.82, 2.24) is 5.32 Å². The zero-order valence-corrected chi connectivity index (χ0v) is 12.5. The molecule has 1 aliphatic heterocycles. The van der Waals surface area contributed by atoms with E-state index in [1.54, 1.807) is 0 Å². The standard InChI is InChI=1S/C16H22ClNO2/c17-15-4-1-5-16(14(15)11-18-12-6-7-12)20-10-8-13-3-2-9-19-13/h1,4-5,12-13,18H,2-3,6-11H2. The van der Waals surface area contributed by atoms with E-state index in [1.807, 2.05) is 18.2 Å². The van der Waals surface area contributed by atoms with Gasteiger partial charge in [-0.05, 0) is 37.8 Å². The lowest BCUT2D eigenvalue weighted by atomic mass is 10.2. The van der Waals surface area contributed by atoms with Gasteiger partial charge in [0.2, 0.25) is 0 Å². The van der Waals surface area contributed by atoms with Crippen molar-refractivity contribution in [2.75, 3.05) is 13.2 Å². The number of hydrogen-bond donors (Lipinski definition) is 1. The van der Waals surface area contributed by atoms with Gasteiger partial charge in [-0.3, -0.25) is 0 Å². The first-order chi connectivity index (χ1) is 9.83. The summed E-state index contributed by atoms with van der Waals surface area (Å²) in [6.45, 7) is 2.39. The van der Waals surface area contributed by atoms with Crippen molar-refractivity contribution in [3.05, 3.63) is 28.8 Å². The van der Waals surface area contributed by atoms with Gasteiger partial charge in [-0.25, -0.2) is 0 Å². The van der Waals surface area contributed by atoms with E-state index in [2.05, 4.69) is 5.32 Å². The van der Waals surface area contributed by atoms with Crippen LogP contribution in [0.3, 0.4) is 0 Å². The largest absolute Gasteiger partial charge is 0.493 e. The predicted octanol–water partition coefficient (Wildman–Crippen LogP) is 3.54. The summed E-state index contributed by atoms with van der Waals surface area (Å²) in [5, 5.41) is 4.28. The van der Waals surface area contributed by atoms with Gasteiger partial charge in [-0.1, -0.05) is 17.7 Å². The molecule has 0 spiro atoms. The highest BCUT2D eigenvalue weighted by Gasteiger charge is 2.21. The molecule has 1 atom stereocenters. The molecule has 1 heterocycles. The molecule has 0 bridgehead atoms. The Hall–Kier alpha value is -0.770. The highest BCUT2D eigenvalue weighted by molar-refractivity contribution is 6.31. The van der Waals surface area contributed by atoms with Crippen molar-refractivity contribution in [2.24, 2.45) is 0 Å². The minimum atomic E-state index is 0.377. The number of hydrogen-bond acceptors (Lipinski definition) is 3. The maximum Gasteiger partial charge on any atom is 0.125 e. The molecule has 1 unspecified atom stereocenters. The summed E-state index contributed by atoms with van der Waals surface area (Å²) in [6.07, 6.45) is 6.23. The Bertz CT molecular complexity index is 442. The molecule has 3 nitrogen and oxygen atoms in total. The highest BCUT2D eigenvalue weighted by atomic mass is 35.5. The molecule has 0 amide bonds. The fourth-order valence-corrected chi connectivity index (χ4v) is 2.78. The second-order valence-electron chi connectivity index (χ2n) is 5.64. The number of nitrogens with one attached hydrogen (secondary N) is 1. The topological polar surface area (TPSA) is 30.5 Å². The lowest BCUT2D eigenvalue weighted by Gasteiger charge is -2.15. The van der Waals surface area contributed by atoms with Crippen molar-refractivity contribution >= 4 is 11.6 Å². The van der Waals surface area contributed by atoms with Crippen LogP contribution in [0.25, 0.3) is 0 Å². The minimum absolute atomic E-state index is 0.377. The predicted molar refractivity (Wildman–Crippen MR) is 80.4 cm³/mol. The van der Waals surface area contributed by atoms with Crippen LogP contribution in [0.4, 0.5) is 0 Å². The first-order valence-electron chi connectivity index (χ1n) is 7.58. The summed E-state index contributed by atoms with van der Waals surface area (Å²) in [5.41, 5.74) is 1.08. The second kappa shape index (κ2) is 6.79. The Morgan fingerprint density at radius 3 is 2.95 bits per heavy atom. The van der Waals surface area contributed by atoms with Crippen molar-refractivity contribution in [3.8, 4) is 5.75 Å². The smallest absolute Gasteiger partial charge is 0.125 e. The van der Waals surface area contributed by atoms with Crippen LogP contribution >= 0.6 is 11.6 Å². The van der Waals surface area contributed by atoms with E-state index < -0.39 is 0 Å². The molecule has 1 saturated carbocycles. The van der Waals surface area contributed by atoms with Gasteiger partial charge in [0, 0.05) is 36.2 Å². The molecule has 2 fully saturated rings. The Balaban J connectivity index is 1.54. The zero-order valence-electron chi connectivity index (χ0n) is 11.7. The monoisotopic (exact) mass is 295 g/mol. The Morgan fingerprint density at radius 2 is 2.20 bits per heavy atom. The average Bonchev–Trinajstić information content (AvgIpc) is 3.13. The molecule has 1 saturated heterocycles. The molecule has 3 rings (SSSR count). The molecule has 1 aromatic carbocycles. The normalized spacial score (nSPS) is 22.1. The van der Waals surface area contributed by atoms with Gasteiger partial charge in [0.15, 0.2) is 0 Å². The van der Waals surface area contributed by atoms with Crippen molar-refractivity contribution in [1.29, 1.82) is 0 Å². The van der Waals surface area contributed by atoms with E-state index in [1.165, 1.54) is 19.3 Å². The summed E-state index contributed by atoms with van der Waals surface area (Å²) in [7, 11) is 0. The molecule has 1 aliphatic carbocycles. The van der Waals surface area contributed by atoms with Crippen molar-refractivity contribution in [2.45, 2.75) is 50.8 Å². The Kier molecular flexibility index (Phi) is 4.81. The fourth-order valence-electron chi connectivity index (χ4n) is 2.55. The summed E-state index contributed by atoms with van der Waals surface area (Å²) < 4.78 is 11.5. The fraction of sp³-hybridized carbons (Fsp3) is 0.625. The van der Waals surface area contributed by atoms with Crippen LogP contribution in [0.5, 0.6) is 5.75 Å². The molecule has 2 aliphatic rings. The van der Waals surface area contributed by atoms with E-state index in [0.29, 0.717) is 18.8 Å². The van der Waals surface area contributed by atoms with Crippen LogP contribution < -0.4 is 10.1 Å². The molecule has 20 heavy (non-hydrogen) atoms. The maximum absolute atomic E-state index is 6.29. The maximum atomic E-state index is 6.29. The first-order valence-corrected chi connectivity index (χ1v) is 7.96. The second-order valence-corrected chi connectivity index (χ2v) is 6.05. The van der Waals surface area contributed by atoms with Gasteiger partial charge < -0.3 is 14.8 Å². The van der Waals surface area contributed by atoms with E-state index in [9.17, 15) is 0 Å². The van der Waals surface area contributed by atoms with Crippen LogP contribution in [0.1, 0.15) is 37.7 Å². The van der Waals surface area contributed by atoms with Gasteiger partial charge in [0.25, 0.3) is 0 Å². The Labute approximate surface area is 125 Å². The molecular formula is C16H22ClNO2. The number of rotatable bonds is 7. The van der Waals surface area contributed by atoms with Crippen molar-refractivity contribution in [3.63, 3.8) is 0 Å². The van der Waals surface area contributed by atoms with E-state index >= 15 is 0 Å². The van der Waals surface area contributed by atoms with Crippen LogP contribution in [-0.4, -0.2) is 25.4 Å². The number of ether oxygens (including phenoxy) is 2. The van der Waals surface area contributed by atoms with Gasteiger partial charge in [-0.15, -0.1) is 0 Å². The minimum Gasteiger partial charge on any atom is -0.493 e. The van der Waals surface area contributed by atoms with Gasteiger partial charge in [0.05, 0.1) is 12.7 Å². The average molecular weight is 296 g/mol. The molecule has 4 heteroatoms. The SMILES string of the molecule is Clc1cccc(OCCC2CCCO2)c1CNC1CC1. The number of benzene rings is 1. The third kappa shape index (κ3) is 3.87. The third-order valence-corrected chi connectivity index (χ3v) is 4.30. The highest BCUT2D eigenvalue weighted by Crippen LogP contribution is 2.28. The van der Waals surface area contributed by atoms with E-state index in [-0.39, 0.29) is 0 Å². The van der Waals surface area contributed by atoms with Gasteiger partial charge in [-0.2, -0.15) is 0 Å². The molecular weight excluding hydrogens is 274 g/mol. The molecule has 0 aromatic heterocycles. The van der Waals surface area contributed by atoms with Gasteiger partial charge >= 0.3 is 0 Å². The lowest BCUT2D eigenvalue weighted by molar-refractivity contribution is 0.0902. The molecule has 0 radical (unpaired) electrons. The quantitative estimate of drug-likeness (QED) is 0.834. The lowest BCUT2D eigenvalue weighted by Crippen LogP contribution is -2.17. The summed E-state index contributed by atoms with van der Waals surface area (Å²) in [6, 6.07) is 6.56.